The van der Waals surface area contributed by atoms with Gasteiger partial charge in [0, 0.05) is 33.0 Å². The van der Waals surface area contributed by atoms with Crippen molar-refractivity contribution >= 4 is 49.8 Å². The molecule has 2 nitrogen and oxygen atoms in total. The highest BCUT2D eigenvalue weighted by molar-refractivity contribution is 6.09. The van der Waals surface area contributed by atoms with Gasteiger partial charge in [-0.1, -0.05) is 176 Å². The van der Waals surface area contributed by atoms with Gasteiger partial charge in [-0.3, -0.25) is 0 Å². The van der Waals surface area contributed by atoms with Gasteiger partial charge in [0.05, 0.1) is 11.4 Å². The third-order valence-electron chi connectivity index (χ3n) is 18.2. The van der Waals surface area contributed by atoms with Crippen molar-refractivity contribution in [3.63, 3.8) is 0 Å². The van der Waals surface area contributed by atoms with Crippen LogP contribution in [-0.2, 0) is 5.41 Å². The fraction of sp³-hybridized carbons (Fsp3) is 0.134. The second kappa shape index (κ2) is 13.8. The van der Waals surface area contributed by atoms with Gasteiger partial charge < -0.3 is 9.32 Å². The first-order valence-electron chi connectivity index (χ1n) is 25.0. The number of furan rings is 1. The molecule has 16 rings (SSSR count). The Morgan fingerprint density at radius 3 is 1.78 bits per heavy atom. The number of para-hydroxylation sites is 3. The maximum absolute atomic E-state index is 6.37. The molecule has 11 aromatic rings. The molecule has 2 heteroatoms. The van der Waals surface area contributed by atoms with Crippen molar-refractivity contribution < 1.29 is 4.42 Å². The van der Waals surface area contributed by atoms with E-state index in [1.807, 2.05) is 6.07 Å². The number of anilines is 3. The van der Waals surface area contributed by atoms with Gasteiger partial charge in [0.1, 0.15) is 11.2 Å². The molecule has 326 valence electrons. The molecule has 4 saturated carbocycles. The largest absolute Gasteiger partial charge is 0.456 e. The molecular weight excluding hydrogens is 835 g/mol. The average Bonchev–Trinajstić information content (AvgIpc) is 3.91. The molecule has 5 aliphatic rings. The highest BCUT2D eigenvalue weighted by Gasteiger charge is 2.90. The van der Waals surface area contributed by atoms with E-state index in [4.69, 9.17) is 4.42 Å². The SMILES string of the molecule is c1ccc(-c2cccc3cccc(-c4ccccc4N(c4ccc(-c5ccc6c(c5)oc5ccccc56)cc4)c4ccccc4-c4ccc5c(c4)C4(c6ccccc6-5)C5CC6CC7CC4C675)c23)cc1. The maximum Gasteiger partial charge on any atom is 0.136 e. The molecule has 0 radical (unpaired) electrons. The molecule has 0 aliphatic heterocycles. The molecule has 2 spiro atoms. The van der Waals surface area contributed by atoms with Gasteiger partial charge in [0.15, 0.2) is 0 Å². The summed E-state index contributed by atoms with van der Waals surface area (Å²) in [6.07, 6.45) is 4.27. The van der Waals surface area contributed by atoms with Crippen LogP contribution in [0.3, 0.4) is 0 Å². The van der Waals surface area contributed by atoms with Gasteiger partial charge in [-0.25, -0.2) is 0 Å². The molecule has 1 aromatic heterocycles. The minimum atomic E-state index is 0.141. The summed E-state index contributed by atoms with van der Waals surface area (Å²) in [5.74, 6) is 3.49. The van der Waals surface area contributed by atoms with Crippen LogP contribution in [0.2, 0.25) is 0 Å². The fourth-order valence-corrected chi connectivity index (χ4v) is 15.5. The first kappa shape index (κ1) is 38.1. The molecule has 0 saturated heterocycles. The minimum absolute atomic E-state index is 0.141. The van der Waals surface area contributed by atoms with E-state index in [0.29, 0.717) is 5.41 Å². The Bertz CT molecular complexity index is 3910. The predicted molar refractivity (Wildman–Crippen MR) is 284 cm³/mol. The predicted octanol–water partition coefficient (Wildman–Crippen LogP) is 17.8. The molecule has 69 heavy (non-hydrogen) atoms. The number of nitrogens with zero attached hydrogens (tertiary/aromatic N) is 1. The summed E-state index contributed by atoms with van der Waals surface area (Å²) >= 11 is 0. The summed E-state index contributed by atoms with van der Waals surface area (Å²) in [5.41, 5.74) is 21.8. The van der Waals surface area contributed by atoms with E-state index in [2.05, 4.69) is 223 Å². The van der Waals surface area contributed by atoms with Crippen molar-refractivity contribution in [3.8, 4) is 55.6 Å². The van der Waals surface area contributed by atoms with E-state index in [1.165, 1.54) is 74.5 Å². The normalized spacial score (nSPS) is 23.0. The van der Waals surface area contributed by atoms with E-state index < -0.39 is 0 Å². The summed E-state index contributed by atoms with van der Waals surface area (Å²) in [6, 6.07) is 83.7. The standard InChI is InChI=1S/C67H47NO/c1-2-14-42(15-3-1)50-22-12-16-43-17-13-23-56(65(43)50)53-20-6-10-26-60(53)68(48-32-28-41(29-33-48)44-30-35-55-54-21-7-11-27-61(54)69-62(55)37-44)59-25-9-5-18-49(59)45-31-34-52-51-19-4-8-24-57(51)67(58(52)36-45)63-39-46-38-47-40-64(67)66(46,47)63/h1-37,46-47,63-64H,38-40H2. The summed E-state index contributed by atoms with van der Waals surface area (Å²) in [4.78, 5) is 2.53. The van der Waals surface area contributed by atoms with Crippen molar-refractivity contribution in [2.24, 2.45) is 29.1 Å². The molecule has 0 N–H and O–H groups in total. The van der Waals surface area contributed by atoms with Gasteiger partial charge in [-0.15, -0.1) is 0 Å². The van der Waals surface area contributed by atoms with E-state index >= 15 is 0 Å². The second-order valence-corrected chi connectivity index (χ2v) is 20.7. The number of hydrogen-bond acceptors (Lipinski definition) is 2. The van der Waals surface area contributed by atoms with Crippen molar-refractivity contribution in [2.75, 3.05) is 4.90 Å². The van der Waals surface area contributed by atoms with Crippen LogP contribution in [0.4, 0.5) is 17.1 Å². The molecule has 4 atom stereocenters. The quantitative estimate of drug-likeness (QED) is 0.159. The Hall–Kier alpha value is -7.94. The lowest BCUT2D eigenvalue weighted by atomic mass is 9.11. The van der Waals surface area contributed by atoms with Crippen LogP contribution < -0.4 is 4.90 Å². The zero-order chi connectivity index (χ0) is 45.0. The van der Waals surface area contributed by atoms with E-state index in [-0.39, 0.29) is 5.41 Å². The molecule has 4 fully saturated rings. The average molecular weight is 882 g/mol. The van der Waals surface area contributed by atoms with Gasteiger partial charge >= 0.3 is 0 Å². The minimum Gasteiger partial charge on any atom is -0.456 e. The summed E-state index contributed by atoms with van der Waals surface area (Å²) in [6.45, 7) is 0. The van der Waals surface area contributed by atoms with Crippen LogP contribution in [0.15, 0.2) is 229 Å². The number of hydrogen-bond donors (Lipinski definition) is 0. The summed E-state index contributed by atoms with van der Waals surface area (Å²) in [5, 5.41) is 4.78. The van der Waals surface area contributed by atoms with Crippen LogP contribution in [0, 0.1) is 29.1 Å². The molecular formula is C67H47NO. The monoisotopic (exact) mass is 881 g/mol. The molecule has 1 heterocycles. The Kier molecular flexibility index (Phi) is 7.63. The lowest BCUT2D eigenvalue weighted by Crippen LogP contribution is -2.88. The van der Waals surface area contributed by atoms with E-state index in [1.54, 1.807) is 11.1 Å². The summed E-state index contributed by atoms with van der Waals surface area (Å²) < 4.78 is 6.37. The van der Waals surface area contributed by atoms with Crippen LogP contribution >= 0.6 is 0 Å². The number of benzene rings is 10. The molecule has 0 amide bonds. The second-order valence-electron chi connectivity index (χ2n) is 20.7. The summed E-state index contributed by atoms with van der Waals surface area (Å²) in [7, 11) is 0. The highest BCUT2D eigenvalue weighted by Crippen LogP contribution is 2.94. The Labute approximate surface area is 402 Å². The van der Waals surface area contributed by atoms with Gasteiger partial charge in [0.25, 0.3) is 0 Å². The third-order valence-corrected chi connectivity index (χ3v) is 18.2. The smallest absolute Gasteiger partial charge is 0.136 e. The van der Waals surface area contributed by atoms with E-state index in [0.717, 1.165) is 73.8 Å². The number of rotatable bonds is 7. The van der Waals surface area contributed by atoms with Crippen LogP contribution in [-0.4, -0.2) is 0 Å². The lowest BCUT2D eigenvalue weighted by Gasteiger charge is -2.92. The van der Waals surface area contributed by atoms with E-state index in [9.17, 15) is 0 Å². The van der Waals surface area contributed by atoms with Crippen molar-refractivity contribution in [2.45, 2.75) is 24.7 Å². The maximum atomic E-state index is 6.37. The zero-order valence-electron chi connectivity index (χ0n) is 38.1. The Morgan fingerprint density at radius 2 is 0.986 bits per heavy atom. The van der Waals surface area contributed by atoms with Gasteiger partial charge in [-0.2, -0.15) is 0 Å². The molecule has 0 bridgehead atoms. The Balaban J connectivity index is 0.884. The third kappa shape index (κ3) is 4.86. The van der Waals surface area contributed by atoms with Crippen molar-refractivity contribution in [3.05, 3.63) is 236 Å². The molecule has 10 aromatic carbocycles. The molecule has 4 unspecified atom stereocenters. The van der Waals surface area contributed by atoms with Gasteiger partial charge in [0.2, 0.25) is 0 Å². The van der Waals surface area contributed by atoms with Crippen molar-refractivity contribution in [1.82, 2.24) is 0 Å². The topological polar surface area (TPSA) is 16.4 Å². The van der Waals surface area contributed by atoms with Crippen LogP contribution in [0.5, 0.6) is 0 Å². The first-order chi connectivity index (χ1) is 34.2. The number of fused-ring (bicyclic) bond motifs is 11. The van der Waals surface area contributed by atoms with Gasteiger partial charge in [-0.05, 0) is 163 Å². The highest BCUT2D eigenvalue weighted by atomic mass is 16.3. The molecule has 5 aliphatic carbocycles. The van der Waals surface area contributed by atoms with Crippen molar-refractivity contribution in [1.29, 1.82) is 0 Å². The Morgan fingerprint density at radius 1 is 0.377 bits per heavy atom. The zero-order valence-corrected chi connectivity index (χ0v) is 38.1. The first-order valence-corrected chi connectivity index (χ1v) is 25.0. The van der Waals surface area contributed by atoms with Crippen LogP contribution in [0.1, 0.15) is 30.4 Å². The fourth-order valence-electron chi connectivity index (χ4n) is 15.5. The lowest BCUT2D eigenvalue weighted by molar-refractivity contribution is -0.412. The van der Waals surface area contributed by atoms with Crippen LogP contribution in [0.25, 0.3) is 88.3 Å².